The van der Waals surface area contributed by atoms with Crippen molar-refractivity contribution >= 4 is 46.9 Å². The molecule has 0 saturated carbocycles. The highest BCUT2D eigenvalue weighted by Crippen LogP contribution is 2.28. The fraction of sp³-hybridized carbons (Fsp3) is 0.320. The molecule has 1 aliphatic heterocycles. The number of anilines is 1. The molecule has 0 unspecified atom stereocenters. The Morgan fingerprint density at radius 1 is 1.20 bits per heavy atom. The molecule has 2 atom stereocenters. The highest BCUT2D eigenvalue weighted by molar-refractivity contribution is 6.32. The molecule has 4 rings (SSSR count). The van der Waals surface area contributed by atoms with E-state index >= 15 is 0 Å². The fourth-order valence-corrected chi connectivity index (χ4v) is 4.49. The van der Waals surface area contributed by atoms with Gasteiger partial charge in [-0.15, -0.1) is 5.10 Å². The number of para-hydroxylation sites is 1. The Labute approximate surface area is 242 Å². The number of hydrogen-bond acceptors (Lipinski definition) is 7. The first-order valence-electron chi connectivity index (χ1n) is 12.2. The zero-order chi connectivity index (χ0) is 29.9. The molecule has 0 spiro atoms. The zero-order valence-electron chi connectivity index (χ0n) is 21.3. The number of nitrogens with zero attached hydrogens (tertiary/aromatic N) is 5. The van der Waals surface area contributed by atoms with E-state index in [1.54, 1.807) is 29.2 Å². The number of aromatic nitrogens is 3. The van der Waals surface area contributed by atoms with E-state index in [1.807, 2.05) is 0 Å². The standard InChI is InChI=1S/C25H25Cl2F3N8O3/c26-16-7-5-14(6-8-16)21(31)37(13-19(39)25(28,29)30)24(41)33-11-20-34-23(36-10-9-15(12-36)22(32)40)38(35-20)18-4-2-1-3-17(18)27/h1-8,15,19,31,39H,9-13H2,(H2,32,40)(H,33,41)/t15-,19-/m0/s1. The number of halogens is 5. The second-order valence-electron chi connectivity index (χ2n) is 9.21. The minimum atomic E-state index is -5.03. The van der Waals surface area contributed by atoms with E-state index in [0.29, 0.717) is 39.5 Å². The number of aliphatic hydroxyl groups is 1. The van der Waals surface area contributed by atoms with E-state index in [1.165, 1.54) is 28.9 Å². The molecule has 1 aliphatic rings. The van der Waals surface area contributed by atoms with Crippen LogP contribution in [0.25, 0.3) is 5.69 Å². The Morgan fingerprint density at radius 2 is 1.88 bits per heavy atom. The number of amides is 3. The third kappa shape index (κ3) is 7.07. The first-order chi connectivity index (χ1) is 19.3. The third-order valence-corrected chi connectivity index (χ3v) is 6.92. The van der Waals surface area contributed by atoms with Gasteiger partial charge in [-0.25, -0.2) is 4.79 Å². The van der Waals surface area contributed by atoms with Crippen molar-refractivity contribution in [2.45, 2.75) is 25.2 Å². The maximum absolute atomic E-state index is 13.1. The number of aliphatic hydroxyl groups excluding tert-OH is 1. The lowest BCUT2D eigenvalue weighted by Crippen LogP contribution is -2.50. The summed E-state index contributed by atoms with van der Waals surface area (Å²) in [7, 11) is 0. The lowest BCUT2D eigenvalue weighted by molar-refractivity contribution is -0.204. The molecule has 2 heterocycles. The molecule has 11 nitrogen and oxygen atoms in total. The van der Waals surface area contributed by atoms with Crippen molar-refractivity contribution < 1.29 is 27.9 Å². The average molecular weight is 613 g/mol. The van der Waals surface area contributed by atoms with Crippen LogP contribution in [0.3, 0.4) is 0 Å². The number of carbonyl (C=O) groups is 2. The molecular weight excluding hydrogens is 588 g/mol. The Kier molecular flexibility index (Phi) is 9.05. The van der Waals surface area contributed by atoms with Crippen molar-refractivity contribution in [1.82, 2.24) is 25.0 Å². The lowest BCUT2D eigenvalue weighted by atomic mass is 10.1. The number of amidine groups is 1. The number of benzene rings is 2. The minimum Gasteiger partial charge on any atom is -0.382 e. The van der Waals surface area contributed by atoms with Crippen LogP contribution in [0.15, 0.2) is 48.5 Å². The van der Waals surface area contributed by atoms with Crippen molar-refractivity contribution in [1.29, 1.82) is 5.41 Å². The predicted molar refractivity (Wildman–Crippen MR) is 145 cm³/mol. The number of nitrogens with two attached hydrogens (primary N) is 1. The van der Waals surface area contributed by atoms with Crippen LogP contribution < -0.4 is 16.0 Å². The van der Waals surface area contributed by atoms with Crippen molar-refractivity contribution in [2.75, 3.05) is 24.5 Å². The minimum absolute atomic E-state index is 0.0742. The summed E-state index contributed by atoms with van der Waals surface area (Å²) < 4.78 is 40.9. The summed E-state index contributed by atoms with van der Waals surface area (Å²) in [4.78, 5) is 31.5. The molecule has 16 heteroatoms. The highest BCUT2D eigenvalue weighted by Gasteiger charge is 2.41. The molecule has 1 aromatic heterocycles. The van der Waals surface area contributed by atoms with Crippen LogP contribution in [-0.2, 0) is 11.3 Å². The summed E-state index contributed by atoms with van der Waals surface area (Å²) in [6, 6.07) is 11.2. The molecule has 5 N–H and O–H groups in total. The van der Waals surface area contributed by atoms with Gasteiger partial charge in [0.25, 0.3) is 0 Å². The van der Waals surface area contributed by atoms with Gasteiger partial charge in [0.2, 0.25) is 11.9 Å². The molecule has 3 aromatic rings. The maximum atomic E-state index is 13.1. The van der Waals surface area contributed by atoms with Gasteiger partial charge in [0.05, 0.1) is 29.7 Å². The molecular formula is C25H25Cl2F3N8O3. The molecule has 218 valence electrons. The number of rotatable bonds is 8. The third-order valence-electron chi connectivity index (χ3n) is 6.35. The van der Waals surface area contributed by atoms with E-state index < -0.39 is 42.5 Å². The number of alkyl halides is 3. The normalized spacial score (nSPS) is 16.0. The summed E-state index contributed by atoms with van der Waals surface area (Å²) in [5.74, 6) is -1.04. The van der Waals surface area contributed by atoms with Crippen LogP contribution in [-0.4, -0.2) is 74.5 Å². The molecule has 2 aromatic carbocycles. The molecule has 1 fully saturated rings. The smallest absolute Gasteiger partial charge is 0.382 e. The van der Waals surface area contributed by atoms with Gasteiger partial charge in [-0.2, -0.15) is 22.8 Å². The lowest BCUT2D eigenvalue weighted by Gasteiger charge is -2.26. The monoisotopic (exact) mass is 612 g/mol. The topological polar surface area (TPSA) is 153 Å². The molecule has 3 amide bonds. The van der Waals surface area contributed by atoms with Crippen LogP contribution in [0.5, 0.6) is 0 Å². The summed E-state index contributed by atoms with van der Waals surface area (Å²) >= 11 is 12.2. The number of carbonyl (C=O) groups excluding carboxylic acids is 2. The van der Waals surface area contributed by atoms with Gasteiger partial charge in [-0.1, -0.05) is 35.3 Å². The maximum Gasteiger partial charge on any atom is 0.416 e. The summed E-state index contributed by atoms with van der Waals surface area (Å²) in [6.07, 6.45) is -7.43. The highest BCUT2D eigenvalue weighted by atomic mass is 35.5. The summed E-state index contributed by atoms with van der Waals surface area (Å²) in [5.41, 5.74) is 6.03. The van der Waals surface area contributed by atoms with Gasteiger partial charge in [0, 0.05) is 23.7 Å². The van der Waals surface area contributed by atoms with E-state index in [9.17, 15) is 27.9 Å². The van der Waals surface area contributed by atoms with E-state index in [4.69, 9.17) is 34.3 Å². The summed E-state index contributed by atoms with van der Waals surface area (Å²) in [6.45, 7) is -0.843. The quantitative estimate of drug-likeness (QED) is 0.226. The van der Waals surface area contributed by atoms with Gasteiger partial charge >= 0.3 is 12.2 Å². The second kappa shape index (κ2) is 12.3. The second-order valence-corrected chi connectivity index (χ2v) is 10.1. The van der Waals surface area contributed by atoms with Crippen molar-refractivity contribution in [3.63, 3.8) is 0 Å². The summed E-state index contributed by atoms with van der Waals surface area (Å²) in [5, 5.41) is 25.5. The number of nitrogens with one attached hydrogen (secondary N) is 2. The van der Waals surface area contributed by atoms with Crippen molar-refractivity contribution in [2.24, 2.45) is 11.7 Å². The van der Waals surface area contributed by atoms with E-state index in [0.717, 1.165) is 0 Å². The van der Waals surface area contributed by atoms with Crippen LogP contribution >= 0.6 is 23.2 Å². The van der Waals surface area contributed by atoms with Crippen LogP contribution in [0.1, 0.15) is 17.8 Å². The van der Waals surface area contributed by atoms with Crippen LogP contribution in [0.4, 0.5) is 23.9 Å². The van der Waals surface area contributed by atoms with Gasteiger partial charge in [-0.05, 0) is 42.8 Å². The van der Waals surface area contributed by atoms with E-state index in [2.05, 4.69) is 15.4 Å². The Morgan fingerprint density at radius 3 is 2.49 bits per heavy atom. The molecule has 1 saturated heterocycles. The number of primary amides is 1. The molecule has 0 radical (unpaired) electrons. The predicted octanol–water partition coefficient (Wildman–Crippen LogP) is 3.35. The van der Waals surface area contributed by atoms with Crippen molar-refractivity contribution in [3.8, 4) is 5.69 Å². The molecule has 0 bridgehead atoms. The van der Waals surface area contributed by atoms with Gasteiger partial charge < -0.3 is 21.1 Å². The first kappa shape index (κ1) is 30.1. The van der Waals surface area contributed by atoms with E-state index in [-0.39, 0.29) is 24.5 Å². The SMILES string of the molecule is N=C(c1ccc(Cl)cc1)N(C[C@H](O)C(F)(F)F)C(=O)NCc1nc(N2CC[C@H](C(N)=O)C2)n(-c2ccccc2Cl)n1. The zero-order valence-corrected chi connectivity index (χ0v) is 22.8. The number of hydrogen-bond donors (Lipinski definition) is 4. The average Bonchev–Trinajstić information content (AvgIpc) is 3.58. The molecule has 41 heavy (non-hydrogen) atoms. The first-order valence-corrected chi connectivity index (χ1v) is 13.0. The number of urea groups is 1. The van der Waals surface area contributed by atoms with Gasteiger partial charge in [-0.3, -0.25) is 15.1 Å². The molecule has 0 aliphatic carbocycles. The Balaban J connectivity index is 1.59. The van der Waals surface area contributed by atoms with Crippen molar-refractivity contribution in [3.05, 3.63) is 70.0 Å². The largest absolute Gasteiger partial charge is 0.416 e. The fourth-order valence-electron chi connectivity index (χ4n) is 4.15. The van der Waals surface area contributed by atoms with Gasteiger partial charge in [0.1, 0.15) is 5.84 Å². The Bertz CT molecular complexity index is 1430. The van der Waals surface area contributed by atoms with Gasteiger partial charge in [0.15, 0.2) is 11.9 Å². The Hall–Kier alpha value is -3.88. The van der Waals surface area contributed by atoms with Crippen LogP contribution in [0.2, 0.25) is 10.0 Å². The van der Waals surface area contributed by atoms with Crippen LogP contribution in [0, 0.1) is 11.3 Å².